The molecule has 4 nitrogen and oxygen atoms in total. The van der Waals surface area contributed by atoms with Crippen LogP contribution in [-0.4, -0.2) is 11.9 Å². The van der Waals surface area contributed by atoms with Gasteiger partial charge in [0.05, 0.1) is 11.1 Å². The molecule has 1 atom stereocenters. The fourth-order valence-corrected chi connectivity index (χ4v) is 2.58. The number of rotatable bonds is 6. The zero-order valence-corrected chi connectivity index (χ0v) is 12.0. The number of cyclic esters (lactones) is 1. The number of esters is 2. The van der Waals surface area contributed by atoms with E-state index in [-0.39, 0.29) is 0 Å². The number of benzene rings is 1. The molecule has 1 aromatic rings. The summed E-state index contributed by atoms with van der Waals surface area (Å²) < 4.78 is 10.8. The molecule has 1 unspecified atom stereocenters. The number of unbranched alkanes of at least 4 members (excludes halogenated alkanes) is 3. The molecular formula is C16H20O4. The van der Waals surface area contributed by atoms with Crippen molar-refractivity contribution in [1.29, 1.82) is 0 Å². The van der Waals surface area contributed by atoms with Crippen LogP contribution in [0.2, 0.25) is 0 Å². The second kappa shape index (κ2) is 6.07. The number of fused-ring (bicyclic) bond motifs is 1. The minimum absolute atomic E-state index is 0.419. The first-order valence-electron chi connectivity index (χ1n) is 7.11. The molecule has 0 aromatic heterocycles. The lowest BCUT2D eigenvalue weighted by atomic mass is 9.97. The number of carbonyl (C=O) groups is 2. The van der Waals surface area contributed by atoms with Gasteiger partial charge in [-0.1, -0.05) is 44.4 Å². The van der Waals surface area contributed by atoms with Crippen molar-refractivity contribution >= 4 is 11.9 Å². The molecule has 0 bridgehead atoms. The SMILES string of the molecule is CCCCCCC1(OC(C)=O)OC(=O)c2ccccc21. The normalized spacial score (nSPS) is 20.4. The van der Waals surface area contributed by atoms with Crippen molar-refractivity contribution in [3.8, 4) is 0 Å². The molecular weight excluding hydrogens is 256 g/mol. The summed E-state index contributed by atoms with van der Waals surface area (Å²) in [6, 6.07) is 7.10. The van der Waals surface area contributed by atoms with Crippen LogP contribution in [0, 0.1) is 0 Å². The van der Waals surface area contributed by atoms with E-state index in [4.69, 9.17) is 9.47 Å². The van der Waals surface area contributed by atoms with Crippen LogP contribution in [0.15, 0.2) is 24.3 Å². The van der Waals surface area contributed by atoms with Gasteiger partial charge in [0.1, 0.15) is 0 Å². The van der Waals surface area contributed by atoms with Crippen molar-refractivity contribution in [1.82, 2.24) is 0 Å². The van der Waals surface area contributed by atoms with Crippen LogP contribution in [0.4, 0.5) is 0 Å². The van der Waals surface area contributed by atoms with Gasteiger partial charge in [-0.2, -0.15) is 0 Å². The Labute approximate surface area is 119 Å². The molecule has 1 aliphatic rings. The van der Waals surface area contributed by atoms with E-state index in [1.165, 1.54) is 6.92 Å². The highest BCUT2D eigenvalue weighted by molar-refractivity contribution is 5.94. The highest BCUT2D eigenvalue weighted by Gasteiger charge is 2.47. The molecule has 1 aliphatic heterocycles. The quantitative estimate of drug-likeness (QED) is 0.589. The Balaban J connectivity index is 2.25. The summed E-state index contributed by atoms with van der Waals surface area (Å²) in [6.45, 7) is 3.47. The fraction of sp³-hybridized carbons (Fsp3) is 0.500. The molecule has 0 radical (unpaired) electrons. The van der Waals surface area contributed by atoms with E-state index in [1.807, 2.05) is 6.07 Å². The Bertz CT molecular complexity index is 505. The first-order chi connectivity index (χ1) is 9.59. The number of carbonyl (C=O) groups excluding carboxylic acids is 2. The van der Waals surface area contributed by atoms with Gasteiger partial charge in [0.15, 0.2) is 0 Å². The van der Waals surface area contributed by atoms with Gasteiger partial charge in [-0.15, -0.1) is 0 Å². The van der Waals surface area contributed by atoms with Gasteiger partial charge < -0.3 is 9.47 Å². The summed E-state index contributed by atoms with van der Waals surface area (Å²) in [5, 5.41) is 0. The highest BCUT2D eigenvalue weighted by Crippen LogP contribution is 2.41. The van der Waals surface area contributed by atoms with Crippen LogP contribution in [0.1, 0.15) is 61.9 Å². The molecule has 1 aromatic carbocycles. The Kier molecular flexibility index (Phi) is 4.42. The highest BCUT2D eigenvalue weighted by atomic mass is 16.7. The monoisotopic (exact) mass is 276 g/mol. The number of hydrogen-bond donors (Lipinski definition) is 0. The Morgan fingerprint density at radius 3 is 2.70 bits per heavy atom. The molecule has 0 saturated heterocycles. The van der Waals surface area contributed by atoms with Crippen LogP contribution in [0.5, 0.6) is 0 Å². The van der Waals surface area contributed by atoms with E-state index in [0.29, 0.717) is 17.5 Å². The van der Waals surface area contributed by atoms with Crippen molar-refractivity contribution in [2.45, 2.75) is 51.7 Å². The van der Waals surface area contributed by atoms with Gasteiger partial charge >= 0.3 is 11.9 Å². The summed E-state index contributed by atoms with van der Waals surface area (Å²) in [5.41, 5.74) is 1.15. The summed E-state index contributed by atoms with van der Waals surface area (Å²) in [4.78, 5) is 23.3. The van der Waals surface area contributed by atoms with Gasteiger partial charge in [0, 0.05) is 13.3 Å². The summed E-state index contributed by atoms with van der Waals surface area (Å²) in [6.07, 6.45) is 4.62. The maximum Gasteiger partial charge on any atom is 0.342 e. The van der Waals surface area contributed by atoms with Gasteiger partial charge in [0.2, 0.25) is 0 Å². The minimum Gasteiger partial charge on any atom is -0.418 e. The number of ether oxygens (including phenoxy) is 2. The largest absolute Gasteiger partial charge is 0.418 e. The number of hydrogen-bond acceptors (Lipinski definition) is 4. The zero-order chi connectivity index (χ0) is 14.6. The maximum absolute atomic E-state index is 11.9. The van der Waals surface area contributed by atoms with Crippen molar-refractivity contribution in [2.75, 3.05) is 0 Å². The minimum atomic E-state index is -1.23. The Hall–Kier alpha value is -1.84. The van der Waals surface area contributed by atoms with E-state index in [1.54, 1.807) is 18.2 Å². The molecule has 0 fully saturated rings. The third kappa shape index (κ3) is 2.84. The van der Waals surface area contributed by atoms with E-state index >= 15 is 0 Å². The van der Waals surface area contributed by atoms with E-state index in [0.717, 1.165) is 25.7 Å². The van der Waals surface area contributed by atoms with Crippen LogP contribution in [0.3, 0.4) is 0 Å². The van der Waals surface area contributed by atoms with Crippen LogP contribution >= 0.6 is 0 Å². The predicted molar refractivity (Wildman–Crippen MR) is 74.1 cm³/mol. The summed E-state index contributed by atoms with van der Waals surface area (Å²) in [7, 11) is 0. The van der Waals surface area contributed by atoms with E-state index < -0.39 is 17.7 Å². The van der Waals surface area contributed by atoms with Gasteiger partial charge in [-0.25, -0.2) is 4.79 Å². The van der Waals surface area contributed by atoms with E-state index in [9.17, 15) is 9.59 Å². The maximum atomic E-state index is 11.9. The van der Waals surface area contributed by atoms with Crippen LogP contribution in [-0.2, 0) is 20.1 Å². The lowest BCUT2D eigenvalue weighted by Crippen LogP contribution is -2.32. The predicted octanol–water partition coefficient (Wildman–Crippen LogP) is 3.54. The Morgan fingerprint density at radius 2 is 2.00 bits per heavy atom. The molecule has 0 N–H and O–H groups in total. The molecule has 20 heavy (non-hydrogen) atoms. The first kappa shape index (κ1) is 14.6. The van der Waals surface area contributed by atoms with Crippen molar-refractivity contribution < 1.29 is 19.1 Å². The molecule has 4 heteroatoms. The molecule has 0 aliphatic carbocycles. The topological polar surface area (TPSA) is 52.6 Å². The molecule has 108 valence electrons. The van der Waals surface area contributed by atoms with Gasteiger partial charge in [0.25, 0.3) is 5.79 Å². The van der Waals surface area contributed by atoms with Crippen molar-refractivity contribution in [3.05, 3.63) is 35.4 Å². The molecule has 0 saturated carbocycles. The second-order valence-corrected chi connectivity index (χ2v) is 5.09. The molecule has 1 heterocycles. The molecule has 0 amide bonds. The van der Waals surface area contributed by atoms with Gasteiger partial charge in [-0.3, -0.25) is 4.79 Å². The summed E-state index contributed by atoms with van der Waals surface area (Å²) in [5.74, 6) is -2.09. The smallest absolute Gasteiger partial charge is 0.342 e. The molecule has 2 rings (SSSR count). The van der Waals surface area contributed by atoms with Crippen LogP contribution < -0.4 is 0 Å². The lowest BCUT2D eigenvalue weighted by molar-refractivity contribution is -0.211. The van der Waals surface area contributed by atoms with Crippen molar-refractivity contribution in [3.63, 3.8) is 0 Å². The fourth-order valence-electron chi connectivity index (χ4n) is 2.58. The molecule has 0 spiro atoms. The average Bonchev–Trinajstić information content (AvgIpc) is 2.68. The van der Waals surface area contributed by atoms with E-state index in [2.05, 4.69) is 6.92 Å². The van der Waals surface area contributed by atoms with Crippen LogP contribution in [0.25, 0.3) is 0 Å². The lowest BCUT2D eigenvalue weighted by Gasteiger charge is -2.28. The van der Waals surface area contributed by atoms with Crippen molar-refractivity contribution in [2.24, 2.45) is 0 Å². The second-order valence-electron chi connectivity index (χ2n) is 5.09. The third-order valence-corrected chi connectivity index (χ3v) is 3.48. The summed E-state index contributed by atoms with van der Waals surface area (Å²) >= 11 is 0. The average molecular weight is 276 g/mol. The zero-order valence-electron chi connectivity index (χ0n) is 12.0. The van der Waals surface area contributed by atoms with Gasteiger partial charge in [-0.05, 0) is 12.5 Å². The Morgan fingerprint density at radius 1 is 1.25 bits per heavy atom. The third-order valence-electron chi connectivity index (χ3n) is 3.48. The first-order valence-corrected chi connectivity index (χ1v) is 7.11. The standard InChI is InChI=1S/C16H20O4/c1-3-4-5-8-11-16(19-12(2)17)14-10-7-6-9-13(14)15(18)20-16/h6-7,9-10H,3-5,8,11H2,1-2H3.